The molecule has 0 aromatic heterocycles. The number of ether oxygens (including phenoxy) is 1. The number of nitrogens with one attached hydrogen (secondary N) is 3. The summed E-state index contributed by atoms with van der Waals surface area (Å²) in [6.45, 7) is 2.89. The predicted octanol–water partition coefficient (Wildman–Crippen LogP) is -1.24. The van der Waals surface area contributed by atoms with Crippen molar-refractivity contribution in [2.75, 3.05) is 26.2 Å². The molecule has 17 heavy (non-hydrogen) atoms. The van der Waals surface area contributed by atoms with Gasteiger partial charge in [-0.1, -0.05) is 0 Å². The molecule has 0 radical (unpaired) electrons. The van der Waals surface area contributed by atoms with Crippen LogP contribution >= 0.6 is 0 Å². The molecule has 2 unspecified atom stereocenters. The zero-order chi connectivity index (χ0) is 12.1. The Labute approximate surface area is 100 Å². The Morgan fingerprint density at radius 3 is 3.06 bits per heavy atom. The second-order valence-corrected chi connectivity index (χ2v) is 4.45. The minimum atomic E-state index is -0.368. The largest absolute Gasteiger partial charge is 0.375 e. The Bertz CT molecular complexity index is 290. The number of rotatable bonds is 3. The van der Waals surface area contributed by atoms with Gasteiger partial charge >= 0.3 is 0 Å². The van der Waals surface area contributed by atoms with Crippen molar-refractivity contribution >= 4 is 11.8 Å². The van der Waals surface area contributed by atoms with Gasteiger partial charge in [0.25, 0.3) is 0 Å². The van der Waals surface area contributed by atoms with Gasteiger partial charge in [-0.15, -0.1) is 0 Å². The van der Waals surface area contributed by atoms with E-state index in [1.807, 2.05) is 0 Å². The molecule has 2 saturated heterocycles. The number of piperidine rings is 1. The van der Waals surface area contributed by atoms with Gasteiger partial charge < -0.3 is 20.7 Å². The van der Waals surface area contributed by atoms with E-state index in [2.05, 4.69) is 16.0 Å². The molecule has 2 atom stereocenters. The van der Waals surface area contributed by atoms with E-state index in [0.29, 0.717) is 26.1 Å². The number of carbonyl (C=O) groups excluding carboxylic acids is 2. The average Bonchev–Trinajstić information content (AvgIpc) is 2.33. The third-order valence-corrected chi connectivity index (χ3v) is 3.04. The fraction of sp³-hybridized carbons (Fsp3) is 0.818. The fourth-order valence-electron chi connectivity index (χ4n) is 2.12. The Morgan fingerprint density at radius 2 is 2.35 bits per heavy atom. The molecule has 0 spiro atoms. The van der Waals surface area contributed by atoms with E-state index in [1.54, 1.807) is 0 Å². The maximum atomic E-state index is 11.7. The van der Waals surface area contributed by atoms with Crippen molar-refractivity contribution < 1.29 is 14.3 Å². The highest BCUT2D eigenvalue weighted by atomic mass is 16.5. The van der Waals surface area contributed by atoms with Gasteiger partial charge in [-0.05, 0) is 12.8 Å². The van der Waals surface area contributed by atoms with E-state index < -0.39 is 0 Å². The lowest BCUT2D eigenvalue weighted by Crippen LogP contribution is -2.51. The fourth-order valence-corrected chi connectivity index (χ4v) is 2.12. The zero-order valence-electron chi connectivity index (χ0n) is 9.83. The lowest BCUT2D eigenvalue weighted by Gasteiger charge is -2.26. The van der Waals surface area contributed by atoms with Crippen LogP contribution < -0.4 is 16.0 Å². The average molecular weight is 241 g/mol. The molecule has 2 aliphatic rings. The number of hydrogen-bond acceptors (Lipinski definition) is 4. The second kappa shape index (κ2) is 5.97. The normalized spacial score (nSPS) is 29.5. The maximum Gasteiger partial charge on any atom is 0.242 e. The molecular formula is C11H19N3O3. The monoisotopic (exact) mass is 241 g/mol. The van der Waals surface area contributed by atoms with Gasteiger partial charge in [0.15, 0.2) is 0 Å². The van der Waals surface area contributed by atoms with Gasteiger partial charge in [0.2, 0.25) is 11.8 Å². The quantitative estimate of drug-likeness (QED) is 0.577. The summed E-state index contributed by atoms with van der Waals surface area (Å²) in [5.74, 6) is -0.187. The molecule has 96 valence electrons. The molecule has 0 bridgehead atoms. The topological polar surface area (TPSA) is 79.5 Å². The van der Waals surface area contributed by atoms with Crippen LogP contribution in [0.25, 0.3) is 0 Å². The SMILES string of the molecule is O=C(CC1CNCCO1)NC1CCCNC1=O. The van der Waals surface area contributed by atoms with Gasteiger partial charge in [-0.3, -0.25) is 9.59 Å². The van der Waals surface area contributed by atoms with Crippen LogP contribution in [0, 0.1) is 0 Å². The van der Waals surface area contributed by atoms with Crippen molar-refractivity contribution in [1.82, 2.24) is 16.0 Å². The summed E-state index contributed by atoms with van der Waals surface area (Å²) in [7, 11) is 0. The summed E-state index contributed by atoms with van der Waals surface area (Å²) in [4.78, 5) is 23.2. The number of morpholine rings is 1. The molecule has 3 N–H and O–H groups in total. The minimum absolute atomic E-state index is 0.0737. The van der Waals surface area contributed by atoms with Gasteiger partial charge in [-0.2, -0.15) is 0 Å². The van der Waals surface area contributed by atoms with Crippen molar-refractivity contribution in [3.63, 3.8) is 0 Å². The van der Waals surface area contributed by atoms with Crippen LogP contribution in [0.1, 0.15) is 19.3 Å². The van der Waals surface area contributed by atoms with Crippen LogP contribution in [-0.2, 0) is 14.3 Å². The highest BCUT2D eigenvalue weighted by molar-refractivity contribution is 5.88. The highest BCUT2D eigenvalue weighted by Gasteiger charge is 2.25. The standard InChI is InChI=1S/C11H19N3O3/c15-10(6-8-7-12-4-5-17-8)14-9-2-1-3-13-11(9)16/h8-9,12H,1-7H2,(H,13,16)(H,14,15). The third-order valence-electron chi connectivity index (χ3n) is 3.04. The highest BCUT2D eigenvalue weighted by Crippen LogP contribution is 2.05. The number of hydrogen-bond donors (Lipinski definition) is 3. The maximum absolute atomic E-state index is 11.7. The summed E-state index contributed by atoms with van der Waals surface area (Å²) >= 11 is 0. The molecule has 6 nitrogen and oxygen atoms in total. The van der Waals surface area contributed by atoms with E-state index in [0.717, 1.165) is 19.4 Å². The first-order chi connectivity index (χ1) is 8.25. The van der Waals surface area contributed by atoms with E-state index in [-0.39, 0.29) is 24.0 Å². The van der Waals surface area contributed by atoms with Gasteiger partial charge in [0.1, 0.15) is 6.04 Å². The number of carbonyl (C=O) groups is 2. The van der Waals surface area contributed by atoms with E-state index in [4.69, 9.17) is 4.74 Å². The van der Waals surface area contributed by atoms with Gasteiger partial charge in [-0.25, -0.2) is 0 Å². The third kappa shape index (κ3) is 3.67. The Kier molecular flexibility index (Phi) is 4.33. The molecule has 2 amide bonds. The van der Waals surface area contributed by atoms with Crippen LogP contribution in [-0.4, -0.2) is 50.2 Å². The smallest absolute Gasteiger partial charge is 0.242 e. The first-order valence-electron chi connectivity index (χ1n) is 6.15. The predicted molar refractivity (Wildman–Crippen MR) is 61.4 cm³/mol. The van der Waals surface area contributed by atoms with Gasteiger partial charge in [0.05, 0.1) is 19.1 Å². The van der Waals surface area contributed by atoms with Gasteiger partial charge in [0, 0.05) is 19.6 Å². The summed E-state index contributed by atoms with van der Waals surface area (Å²) < 4.78 is 5.44. The Hall–Kier alpha value is -1.14. The van der Waals surface area contributed by atoms with Crippen LogP contribution in [0.2, 0.25) is 0 Å². The van der Waals surface area contributed by atoms with Crippen molar-refractivity contribution in [1.29, 1.82) is 0 Å². The van der Waals surface area contributed by atoms with Crippen molar-refractivity contribution in [3.8, 4) is 0 Å². The van der Waals surface area contributed by atoms with Crippen LogP contribution in [0.5, 0.6) is 0 Å². The molecule has 0 aromatic carbocycles. The molecule has 0 aromatic rings. The van der Waals surface area contributed by atoms with E-state index in [9.17, 15) is 9.59 Å². The summed E-state index contributed by atoms with van der Waals surface area (Å²) in [6.07, 6.45) is 1.88. The first-order valence-corrected chi connectivity index (χ1v) is 6.15. The molecule has 6 heteroatoms. The summed E-state index contributed by atoms with van der Waals surface area (Å²) in [5, 5.41) is 8.67. The molecule has 2 fully saturated rings. The second-order valence-electron chi connectivity index (χ2n) is 4.45. The minimum Gasteiger partial charge on any atom is -0.375 e. The Morgan fingerprint density at radius 1 is 1.47 bits per heavy atom. The van der Waals surface area contributed by atoms with Crippen molar-refractivity contribution in [2.24, 2.45) is 0 Å². The molecule has 0 saturated carbocycles. The first kappa shape index (κ1) is 12.3. The van der Waals surface area contributed by atoms with E-state index >= 15 is 0 Å². The summed E-state index contributed by atoms with van der Waals surface area (Å²) in [5.41, 5.74) is 0. The van der Waals surface area contributed by atoms with Crippen LogP contribution in [0.3, 0.4) is 0 Å². The van der Waals surface area contributed by atoms with Crippen molar-refractivity contribution in [3.05, 3.63) is 0 Å². The lowest BCUT2D eigenvalue weighted by molar-refractivity contribution is -0.131. The molecule has 2 aliphatic heterocycles. The Balaban J connectivity index is 1.74. The van der Waals surface area contributed by atoms with Crippen molar-refractivity contribution in [2.45, 2.75) is 31.4 Å². The molecule has 2 rings (SSSR count). The molecule has 2 heterocycles. The number of amides is 2. The van der Waals surface area contributed by atoms with Crippen LogP contribution in [0.15, 0.2) is 0 Å². The zero-order valence-corrected chi connectivity index (χ0v) is 9.83. The van der Waals surface area contributed by atoms with E-state index in [1.165, 1.54) is 0 Å². The summed E-state index contributed by atoms with van der Waals surface area (Å²) in [6, 6.07) is -0.368. The van der Waals surface area contributed by atoms with Crippen LogP contribution in [0.4, 0.5) is 0 Å². The lowest BCUT2D eigenvalue weighted by atomic mass is 10.1. The molecule has 0 aliphatic carbocycles. The molecular weight excluding hydrogens is 222 g/mol.